The summed E-state index contributed by atoms with van der Waals surface area (Å²) in [4.78, 5) is 24.1. The number of hydrogen-bond donors (Lipinski definition) is 0. The van der Waals surface area contributed by atoms with Gasteiger partial charge in [-0.1, -0.05) is 19.4 Å². The molecule has 4 heteroatoms. The van der Waals surface area contributed by atoms with Crippen molar-refractivity contribution in [1.82, 2.24) is 0 Å². The summed E-state index contributed by atoms with van der Waals surface area (Å²) in [6, 6.07) is 0. The summed E-state index contributed by atoms with van der Waals surface area (Å²) in [5.41, 5.74) is 0.804. The van der Waals surface area contributed by atoms with E-state index in [9.17, 15) is 9.59 Å². The molecule has 0 aromatic carbocycles. The first kappa shape index (κ1) is 14.6. The number of fused-ring (bicyclic) bond motifs is 3. The molecular formula is C17H24O4. The van der Waals surface area contributed by atoms with Crippen LogP contribution in [-0.2, 0) is 19.1 Å². The molecule has 0 radical (unpaired) electrons. The highest BCUT2D eigenvalue weighted by molar-refractivity contribution is 5.77. The van der Waals surface area contributed by atoms with Gasteiger partial charge in [-0.05, 0) is 49.0 Å². The van der Waals surface area contributed by atoms with Crippen LogP contribution in [0.25, 0.3) is 0 Å². The van der Waals surface area contributed by atoms with Crippen LogP contribution in [0.2, 0.25) is 0 Å². The fraction of sp³-hybridized carbons (Fsp3) is 0.765. The number of methoxy groups -OCH3 is 1. The molecule has 0 spiro atoms. The molecule has 0 N–H and O–H groups in total. The SMILES string of the molecule is COC(=O)[C@@]1(C)CCC[C@@]2(C)[C@H]1CC=C1COC(=O)C[C@@H]12. The summed E-state index contributed by atoms with van der Waals surface area (Å²) < 4.78 is 10.3. The van der Waals surface area contributed by atoms with Gasteiger partial charge in [0, 0.05) is 0 Å². The average molecular weight is 292 g/mol. The largest absolute Gasteiger partial charge is 0.469 e. The van der Waals surface area contributed by atoms with Gasteiger partial charge in [-0.15, -0.1) is 0 Å². The van der Waals surface area contributed by atoms with Crippen LogP contribution in [0.1, 0.15) is 46.0 Å². The van der Waals surface area contributed by atoms with Crippen molar-refractivity contribution >= 4 is 11.9 Å². The maximum atomic E-state index is 12.4. The van der Waals surface area contributed by atoms with Crippen LogP contribution in [0.5, 0.6) is 0 Å². The Kier molecular flexibility index (Phi) is 3.38. The fourth-order valence-corrected chi connectivity index (χ4v) is 5.08. The van der Waals surface area contributed by atoms with Crippen molar-refractivity contribution in [2.75, 3.05) is 13.7 Å². The number of carbonyl (C=O) groups excluding carboxylic acids is 2. The fourth-order valence-electron chi connectivity index (χ4n) is 5.08. The highest BCUT2D eigenvalue weighted by atomic mass is 16.5. The standard InChI is InChI=1S/C17H24O4/c1-16-7-4-8-17(2,15(19)20-3)13(16)6-5-11-10-21-14(18)9-12(11)16/h5,12-13H,4,6-10H2,1-3H3/t12-,13+,16+,17-/m0/s1. The van der Waals surface area contributed by atoms with Crippen LogP contribution in [-0.4, -0.2) is 25.7 Å². The summed E-state index contributed by atoms with van der Waals surface area (Å²) in [6.45, 7) is 4.73. The summed E-state index contributed by atoms with van der Waals surface area (Å²) in [7, 11) is 1.47. The minimum absolute atomic E-state index is 0.00921. The van der Waals surface area contributed by atoms with E-state index in [2.05, 4.69) is 13.0 Å². The van der Waals surface area contributed by atoms with Gasteiger partial charge < -0.3 is 9.47 Å². The average Bonchev–Trinajstić information content (AvgIpc) is 2.46. The second kappa shape index (κ2) is 4.85. The first-order valence-electron chi connectivity index (χ1n) is 7.85. The van der Waals surface area contributed by atoms with Crippen LogP contribution in [0, 0.1) is 22.7 Å². The van der Waals surface area contributed by atoms with E-state index in [1.807, 2.05) is 6.92 Å². The third kappa shape index (κ3) is 2.02. The van der Waals surface area contributed by atoms with Gasteiger partial charge in [0.25, 0.3) is 0 Å². The van der Waals surface area contributed by atoms with Crippen LogP contribution >= 0.6 is 0 Å². The number of cyclic esters (lactones) is 1. The predicted octanol–water partition coefficient (Wildman–Crippen LogP) is 2.87. The minimum atomic E-state index is -0.439. The molecular weight excluding hydrogens is 268 g/mol. The normalized spacial score (nSPS) is 42.2. The zero-order chi connectivity index (χ0) is 15.3. The smallest absolute Gasteiger partial charge is 0.311 e. The van der Waals surface area contributed by atoms with E-state index in [0.29, 0.717) is 13.0 Å². The zero-order valence-electron chi connectivity index (χ0n) is 13.1. The molecule has 2 fully saturated rings. The minimum Gasteiger partial charge on any atom is -0.469 e. The summed E-state index contributed by atoms with van der Waals surface area (Å²) >= 11 is 0. The van der Waals surface area contributed by atoms with Crippen molar-refractivity contribution in [2.24, 2.45) is 22.7 Å². The van der Waals surface area contributed by atoms with Crippen molar-refractivity contribution in [3.8, 4) is 0 Å². The molecule has 3 aliphatic rings. The van der Waals surface area contributed by atoms with Crippen LogP contribution in [0.4, 0.5) is 0 Å². The number of rotatable bonds is 1. The summed E-state index contributed by atoms with van der Waals surface area (Å²) in [5.74, 6) is 0.255. The highest BCUT2D eigenvalue weighted by Gasteiger charge is 2.58. The van der Waals surface area contributed by atoms with Crippen molar-refractivity contribution in [1.29, 1.82) is 0 Å². The van der Waals surface area contributed by atoms with E-state index >= 15 is 0 Å². The first-order valence-corrected chi connectivity index (χ1v) is 7.85. The Bertz CT molecular complexity index is 509. The molecule has 2 aliphatic carbocycles. The Morgan fingerprint density at radius 3 is 2.86 bits per heavy atom. The lowest BCUT2D eigenvalue weighted by molar-refractivity contribution is -0.169. The van der Waals surface area contributed by atoms with Crippen LogP contribution in [0.15, 0.2) is 11.6 Å². The monoisotopic (exact) mass is 292 g/mol. The zero-order valence-corrected chi connectivity index (χ0v) is 13.1. The van der Waals surface area contributed by atoms with Gasteiger partial charge in [-0.2, -0.15) is 0 Å². The lowest BCUT2D eigenvalue weighted by Gasteiger charge is -2.57. The molecule has 0 unspecified atom stereocenters. The molecule has 116 valence electrons. The maximum Gasteiger partial charge on any atom is 0.311 e. The van der Waals surface area contributed by atoms with Gasteiger partial charge in [-0.3, -0.25) is 9.59 Å². The van der Waals surface area contributed by atoms with E-state index in [-0.39, 0.29) is 29.2 Å². The number of allylic oxidation sites excluding steroid dienone is 1. The topological polar surface area (TPSA) is 52.6 Å². The third-order valence-electron chi connectivity index (χ3n) is 6.26. The Balaban J connectivity index is 2.00. The van der Waals surface area contributed by atoms with Gasteiger partial charge in [-0.25, -0.2) is 0 Å². The second-order valence-corrected chi connectivity index (χ2v) is 7.25. The molecule has 0 bridgehead atoms. The van der Waals surface area contributed by atoms with E-state index in [4.69, 9.17) is 9.47 Å². The quantitative estimate of drug-likeness (QED) is 0.551. The Morgan fingerprint density at radius 1 is 1.38 bits per heavy atom. The first-order chi connectivity index (χ1) is 9.91. The van der Waals surface area contributed by atoms with Gasteiger partial charge in [0.2, 0.25) is 0 Å². The van der Waals surface area contributed by atoms with E-state index < -0.39 is 5.41 Å². The Morgan fingerprint density at radius 2 is 2.14 bits per heavy atom. The Labute approximate surface area is 125 Å². The maximum absolute atomic E-state index is 12.4. The summed E-state index contributed by atoms with van der Waals surface area (Å²) in [5, 5.41) is 0. The lowest BCUT2D eigenvalue weighted by atomic mass is 9.47. The predicted molar refractivity (Wildman–Crippen MR) is 77.3 cm³/mol. The molecule has 4 nitrogen and oxygen atoms in total. The molecule has 1 saturated heterocycles. The van der Waals surface area contributed by atoms with Gasteiger partial charge in [0.05, 0.1) is 18.9 Å². The van der Waals surface area contributed by atoms with Crippen molar-refractivity contribution in [2.45, 2.75) is 46.0 Å². The van der Waals surface area contributed by atoms with Crippen molar-refractivity contribution < 1.29 is 19.1 Å². The highest BCUT2D eigenvalue weighted by Crippen LogP contribution is 2.61. The third-order valence-corrected chi connectivity index (χ3v) is 6.26. The number of hydrogen-bond acceptors (Lipinski definition) is 4. The lowest BCUT2D eigenvalue weighted by Crippen LogP contribution is -2.54. The molecule has 0 aromatic rings. The Hall–Kier alpha value is -1.32. The molecule has 3 rings (SSSR count). The molecule has 21 heavy (non-hydrogen) atoms. The van der Waals surface area contributed by atoms with Crippen LogP contribution < -0.4 is 0 Å². The van der Waals surface area contributed by atoms with Gasteiger partial charge in [0.1, 0.15) is 6.61 Å². The summed E-state index contributed by atoms with van der Waals surface area (Å²) in [6.07, 6.45) is 6.49. The van der Waals surface area contributed by atoms with Gasteiger partial charge in [0.15, 0.2) is 0 Å². The molecule has 4 atom stereocenters. The van der Waals surface area contributed by atoms with Crippen LogP contribution in [0.3, 0.4) is 0 Å². The molecule has 0 aromatic heterocycles. The number of carbonyl (C=O) groups is 2. The number of esters is 2. The van der Waals surface area contributed by atoms with Crippen molar-refractivity contribution in [3.63, 3.8) is 0 Å². The van der Waals surface area contributed by atoms with E-state index in [1.54, 1.807) is 0 Å². The van der Waals surface area contributed by atoms with E-state index in [0.717, 1.165) is 25.7 Å². The molecule has 1 saturated carbocycles. The van der Waals surface area contributed by atoms with Gasteiger partial charge >= 0.3 is 11.9 Å². The molecule has 0 amide bonds. The van der Waals surface area contributed by atoms with E-state index in [1.165, 1.54) is 12.7 Å². The molecule has 1 aliphatic heterocycles. The van der Waals surface area contributed by atoms with Crippen molar-refractivity contribution in [3.05, 3.63) is 11.6 Å². The molecule has 1 heterocycles. The number of ether oxygens (including phenoxy) is 2. The second-order valence-electron chi connectivity index (χ2n) is 7.25.